The lowest BCUT2D eigenvalue weighted by Crippen LogP contribution is -2.14. The summed E-state index contributed by atoms with van der Waals surface area (Å²) in [6.07, 6.45) is 0. The van der Waals surface area contributed by atoms with E-state index >= 15 is 0 Å². The van der Waals surface area contributed by atoms with Gasteiger partial charge in [0.25, 0.3) is 0 Å². The second-order valence-electron chi connectivity index (χ2n) is 5.14. The third-order valence-electron chi connectivity index (χ3n) is 3.36. The molecule has 0 saturated carbocycles. The van der Waals surface area contributed by atoms with Crippen LogP contribution in [0.15, 0.2) is 59.6 Å². The summed E-state index contributed by atoms with van der Waals surface area (Å²) in [6, 6.07) is 17.1. The molecule has 0 spiro atoms. The van der Waals surface area contributed by atoms with Crippen LogP contribution in [-0.2, 0) is 4.79 Å². The van der Waals surface area contributed by atoms with Crippen LogP contribution in [0.2, 0.25) is 5.02 Å². The summed E-state index contributed by atoms with van der Waals surface area (Å²) in [5.74, 6) is 0.224. The lowest BCUT2D eigenvalue weighted by Gasteiger charge is -2.07. The Morgan fingerprint density at radius 2 is 2.00 bits per heavy atom. The minimum absolute atomic E-state index is 0.0788. The van der Waals surface area contributed by atoms with Crippen LogP contribution in [0, 0.1) is 6.92 Å². The molecule has 3 nitrogen and oxygen atoms in total. The molecule has 0 aliphatic carbocycles. The molecule has 5 heteroatoms. The highest BCUT2D eigenvalue weighted by atomic mass is 35.5. The number of hydrogen-bond acceptors (Lipinski definition) is 3. The van der Waals surface area contributed by atoms with Gasteiger partial charge < -0.3 is 5.32 Å². The van der Waals surface area contributed by atoms with Crippen molar-refractivity contribution in [1.82, 2.24) is 4.98 Å². The monoisotopic (exact) mass is 342 g/mol. The first-order chi connectivity index (χ1) is 11.1. The van der Waals surface area contributed by atoms with E-state index in [0.29, 0.717) is 16.5 Å². The van der Waals surface area contributed by atoms with Crippen LogP contribution in [0.4, 0.5) is 5.69 Å². The van der Waals surface area contributed by atoms with Crippen molar-refractivity contribution in [2.75, 3.05) is 11.1 Å². The molecule has 0 unspecified atom stereocenters. The maximum Gasteiger partial charge on any atom is 0.234 e. The Morgan fingerprint density at radius 1 is 1.17 bits per heavy atom. The van der Waals surface area contributed by atoms with Gasteiger partial charge in [0.1, 0.15) is 0 Å². The Morgan fingerprint density at radius 3 is 2.83 bits per heavy atom. The van der Waals surface area contributed by atoms with Crippen LogP contribution < -0.4 is 5.32 Å². The third-order valence-corrected chi connectivity index (χ3v) is 4.51. The second kappa shape index (κ2) is 7.02. The number of nitrogens with one attached hydrogen (secondary N) is 1. The fourth-order valence-electron chi connectivity index (χ4n) is 2.30. The van der Waals surface area contributed by atoms with Gasteiger partial charge in [-0.05, 0) is 42.8 Å². The summed E-state index contributed by atoms with van der Waals surface area (Å²) in [5, 5.41) is 5.42. The van der Waals surface area contributed by atoms with Crippen molar-refractivity contribution in [3.63, 3.8) is 0 Å². The Balaban J connectivity index is 1.67. The lowest BCUT2D eigenvalue weighted by atomic mass is 10.1. The normalized spacial score (nSPS) is 10.7. The smallest absolute Gasteiger partial charge is 0.234 e. The van der Waals surface area contributed by atoms with E-state index in [9.17, 15) is 4.79 Å². The zero-order chi connectivity index (χ0) is 16.2. The molecule has 0 bridgehead atoms. The molecule has 3 aromatic rings. The molecule has 1 heterocycles. The first-order valence-electron chi connectivity index (χ1n) is 7.16. The molecule has 2 aromatic carbocycles. The largest absolute Gasteiger partial charge is 0.325 e. The van der Waals surface area contributed by atoms with Crippen molar-refractivity contribution in [2.45, 2.75) is 11.9 Å². The second-order valence-corrected chi connectivity index (χ2v) is 6.57. The number of benzene rings is 2. The summed E-state index contributed by atoms with van der Waals surface area (Å²) in [4.78, 5) is 16.6. The quantitative estimate of drug-likeness (QED) is 0.684. The first-order valence-corrected chi connectivity index (χ1v) is 8.53. The van der Waals surface area contributed by atoms with Gasteiger partial charge in [0, 0.05) is 16.1 Å². The standard InChI is InChI=1S/C18H15ClN2OS/c1-12-9-18(21-16-8-3-2-7-15(12)16)23-11-17(22)20-14-6-4-5-13(19)10-14/h2-10H,11H2,1H3,(H,20,22). The number of nitrogens with zero attached hydrogens (tertiary/aromatic N) is 1. The van der Waals surface area contributed by atoms with Crippen LogP contribution in [0.3, 0.4) is 0 Å². The van der Waals surface area contributed by atoms with Gasteiger partial charge in [0.15, 0.2) is 0 Å². The average Bonchev–Trinajstić information content (AvgIpc) is 2.53. The number of aromatic nitrogens is 1. The number of thioether (sulfide) groups is 1. The van der Waals surface area contributed by atoms with Crippen LogP contribution in [0.5, 0.6) is 0 Å². The van der Waals surface area contributed by atoms with E-state index < -0.39 is 0 Å². The lowest BCUT2D eigenvalue weighted by molar-refractivity contribution is -0.113. The number of hydrogen-bond donors (Lipinski definition) is 1. The van der Waals surface area contributed by atoms with Gasteiger partial charge >= 0.3 is 0 Å². The van der Waals surface area contributed by atoms with Gasteiger partial charge in [-0.15, -0.1) is 0 Å². The molecule has 0 radical (unpaired) electrons. The molecule has 1 amide bonds. The number of fused-ring (bicyclic) bond motifs is 1. The molecular formula is C18H15ClN2OS. The molecule has 116 valence electrons. The fraction of sp³-hybridized carbons (Fsp3) is 0.111. The molecule has 0 fully saturated rings. The number of amides is 1. The number of halogens is 1. The van der Waals surface area contributed by atoms with E-state index in [1.165, 1.54) is 11.8 Å². The van der Waals surface area contributed by atoms with Gasteiger partial charge in [-0.25, -0.2) is 4.98 Å². The summed E-state index contributed by atoms with van der Waals surface area (Å²) < 4.78 is 0. The van der Waals surface area contributed by atoms with Crippen LogP contribution in [0.1, 0.15) is 5.56 Å². The Bertz CT molecular complexity index is 867. The highest BCUT2D eigenvalue weighted by molar-refractivity contribution is 7.99. The number of rotatable bonds is 4. The zero-order valence-electron chi connectivity index (χ0n) is 12.5. The number of para-hydroxylation sites is 1. The Labute approximate surface area is 144 Å². The minimum atomic E-state index is -0.0788. The molecule has 0 aliphatic rings. The van der Waals surface area contributed by atoms with E-state index in [4.69, 9.17) is 11.6 Å². The van der Waals surface area contributed by atoms with Crippen molar-refractivity contribution < 1.29 is 4.79 Å². The minimum Gasteiger partial charge on any atom is -0.325 e. The Kier molecular flexibility index (Phi) is 4.84. The maximum atomic E-state index is 12.0. The maximum absolute atomic E-state index is 12.0. The molecule has 0 aliphatic heterocycles. The topological polar surface area (TPSA) is 42.0 Å². The summed E-state index contributed by atoms with van der Waals surface area (Å²) in [5.41, 5.74) is 2.81. The van der Waals surface area contributed by atoms with Crippen LogP contribution in [-0.4, -0.2) is 16.6 Å². The number of pyridine rings is 1. The van der Waals surface area contributed by atoms with Gasteiger partial charge in [0.05, 0.1) is 16.3 Å². The molecule has 0 atom stereocenters. The van der Waals surface area contributed by atoms with E-state index in [1.807, 2.05) is 30.3 Å². The fourth-order valence-corrected chi connectivity index (χ4v) is 3.26. The highest BCUT2D eigenvalue weighted by Crippen LogP contribution is 2.24. The highest BCUT2D eigenvalue weighted by Gasteiger charge is 2.07. The molecule has 3 rings (SSSR count). The molecular weight excluding hydrogens is 328 g/mol. The van der Waals surface area contributed by atoms with E-state index in [1.54, 1.807) is 18.2 Å². The van der Waals surface area contributed by atoms with E-state index in [0.717, 1.165) is 21.5 Å². The SMILES string of the molecule is Cc1cc(SCC(=O)Nc2cccc(Cl)c2)nc2ccccc12. The summed E-state index contributed by atoms with van der Waals surface area (Å²) >= 11 is 7.33. The number of aryl methyl sites for hydroxylation is 1. The van der Waals surface area contributed by atoms with Gasteiger partial charge in [0.2, 0.25) is 5.91 Å². The van der Waals surface area contributed by atoms with Crippen molar-refractivity contribution in [3.05, 3.63) is 65.2 Å². The molecule has 1 aromatic heterocycles. The van der Waals surface area contributed by atoms with Gasteiger partial charge in [-0.1, -0.05) is 47.6 Å². The molecule has 0 saturated heterocycles. The van der Waals surface area contributed by atoms with Crippen molar-refractivity contribution in [3.8, 4) is 0 Å². The van der Waals surface area contributed by atoms with Crippen molar-refractivity contribution in [2.24, 2.45) is 0 Å². The zero-order valence-corrected chi connectivity index (χ0v) is 14.1. The summed E-state index contributed by atoms with van der Waals surface area (Å²) in [7, 11) is 0. The summed E-state index contributed by atoms with van der Waals surface area (Å²) in [6.45, 7) is 2.06. The van der Waals surface area contributed by atoms with Crippen LogP contribution in [0.25, 0.3) is 10.9 Å². The van der Waals surface area contributed by atoms with Gasteiger partial charge in [-0.3, -0.25) is 4.79 Å². The van der Waals surface area contributed by atoms with Crippen LogP contribution >= 0.6 is 23.4 Å². The van der Waals surface area contributed by atoms with E-state index in [-0.39, 0.29) is 5.91 Å². The predicted molar refractivity (Wildman–Crippen MR) is 97.3 cm³/mol. The number of carbonyl (C=O) groups is 1. The third kappa shape index (κ3) is 4.03. The number of anilines is 1. The van der Waals surface area contributed by atoms with Gasteiger partial charge in [-0.2, -0.15) is 0 Å². The van der Waals surface area contributed by atoms with Crippen molar-refractivity contribution in [1.29, 1.82) is 0 Å². The first kappa shape index (κ1) is 15.8. The van der Waals surface area contributed by atoms with Crippen molar-refractivity contribution >= 4 is 45.9 Å². The molecule has 1 N–H and O–H groups in total. The average molecular weight is 343 g/mol. The predicted octanol–water partition coefficient (Wildman–Crippen LogP) is 4.93. The molecule has 23 heavy (non-hydrogen) atoms. The number of carbonyl (C=O) groups excluding carboxylic acids is 1. The Hall–Kier alpha value is -2.04. The van der Waals surface area contributed by atoms with E-state index in [2.05, 4.69) is 23.3 Å².